The Balaban J connectivity index is 0.00000192. The first-order chi connectivity index (χ1) is 10.8. The number of halogens is 1. The van der Waals surface area contributed by atoms with Crippen LogP contribution in [0.3, 0.4) is 0 Å². The fourth-order valence-corrected chi connectivity index (χ4v) is 3.27. The number of carbonyl (C=O) groups excluding carboxylic acids is 1. The summed E-state index contributed by atoms with van der Waals surface area (Å²) in [5.41, 5.74) is 1.83. The maximum atomic E-state index is 12.5. The van der Waals surface area contributed by atoms with E-state index in [0.717, 1.165) is 57.8 Å². The van der Waals surface area contributed by atoms with Crippen LogP contribution in [0, 0.1) is 17.2 Å². The van der Waals surface area contributed by atoms with Gasteiger partial charge in [-0.15, -0.1) is 12.4 Å². The van der Waals surface area contributed by atoms with Crippen molar-refractivity contribution in [3.8, 4) is 6.07 Å². The minimum Gasteiger partial charge on any atom is -0.371 e. The highest BCUT2D eigenvalue weighted by molar-refractivity contribution is 5.85. The minimum atomic E-state index is 0. The monoisotopic (exact) mass is 334 g/mol. The molecule has 0 bridgehead atoms. The number of anilines is 1. The van der Waals surface area contributed by atoms with Crippen molar-refractivity contribution in [3.63, 3.8) is 0 Å². The fourth-order valence-electron chi connectivity index (χ4n) is 3.27. The van der Waals surface area contributed by atoms with Gasteiger partial charge < -0.3 is 15.1 Å². The van der Waals surface area contributed by atoms with E-state index < -0.39 is 0 Å². The zero-order valence-electron chi connectivity index (χ0n) is 13.2. The van der Waals surface area contributed by atoms with Gasteiger partial charge in [0.25, 0.3) is 0 Å². The molecule has 2 saturated heterocycles. The lowest BCUT2D eigenvalue weighted by Gasteiger charge is -2.36. The smallest absolute Gasteiger partial charge is 0.225 e. The molecule has 6 heteroatoms. The number of nitrogens with one attached hydrogen (secondary N) is 1. The normalized spacial score (nSPS) is 18.9. The zero-order chi connectivity index (χ0) is 15.4. The van der Waals surface area contributed by atoms with Gasteiger partial charge in [0.2, 0.25) is 5.91 Å². The second kappa shape index (κ2) is 8.19. The molecule has 0 saturated carbocycles. The largest absolute Gasteiger partial charge is 0.371 e. The summed E-state index contributed by atoms with van der Waals surface area (Å²) in [7, 11) is 0. The molecule has 0 aliphatic carbocycles. The van der Waals surface area contributed by atoms with Crippen molar-refractivity contribution in [2.24, 2.45) is 5.92 Å². The van der Waals surface area contributed by atoms with Gasteiger partial charge in [-0.25, -0.2) is 0 Å². The van der Waals surface area contributed by atoms with Crippen LogP contribution >= 0.6 is 12.4 Å². The highest BCUT2D eigenvalue weighted by Crippen LogP contribution is 2.25. The zero-order valence-corrected chi connectivity index (χ0v) is 14.0. The lowest BCUT2D eigenvalue weighted by molar-refractivity contribution is -0.136. The third kappa shape index (κ3) is 4.15. The number of nitriles is 1. The molecule has 124 valence electrons. The molecule has 23 heavy (non-hydrogen) atoms. The number of benzene rings is 1. The van der Waals surface area contributed by atoms with Crippen molar-refractivity contribution in [1.82, 2.24) is 10.2 Å². The third-order valence-electron chi connectivity index (χ3n) is 4.63. The van der Waals surface area contributed by atoms with Gasteiger partial charge in [0.1, 0.15) is 0 Å². The van der Waals surface area contributed by atoms with Crippen LogP contribution in [0.25, 0.3) is 0 Å². The van der Waals surface area contributed by atoms with Crippen molar-refractivity contribution in [3.05, 3.63) is 29.8 Å². The second-order valence-electron chi connectivity index (χ2n) is 6.00. The topological polar surface area (TPSA) is 59.4 Å². The van der Waals surface area contributed by atoms with Gasteiger partial charge in [0.15, 0.2) is 0 Å². The van der Waals surface area contributed by atoms with Crippen molar-refractivity contribution in [2.75, 3.05) is 44.2 Å². The lowest BCUT2D eigenvalue weighted by Crippen LogP contribution is -2.50. The van der Waals surface area contributed by atoms with Gasteiger partial charge in [-0.1, -0.05) is 0 Å². The summed E-state index contributed by atoms with van der Waals surface area (Å²) in [6, 6.07) is 9.84. The average molecular weight is 335 g/mol. The Morgan fingerprint density at radius 3 is 2.26 bits per heavy atom. The predicted molar refractivity (Wildman–Crippen MR) is 92.8 cm³/mol. The molecule has 2 fully saturated rings. The summed E-state index contributed by atoms with van der Waals surface area (Å²) in [6.07, 6.45) is 1.84. The number of nitrogens with zero attached hydrogens (tertiary/aromatic N) is 3. The maximum Gasteiger partial charge on any atom is 0.225 e. The first kappa shape index (κ1) is 17.6. The highest BCUT2D eigenvalue weighted by Gasteiger charge is 2.29. The molecule has 1 aromatic carbocycles. The molecule has 0 aromatic heterocycles. The SMILES string of the molecule is Cl.N#Cc1ccc(N2CCC(C(=O)N3CCNCC3)CC2)cc1. The summed E-state index contributed by atoms with van der Waals surface area (Å²) in [4.78, 5) is 16.8. The fraction of sp³-hybridized carbons (Fsp3) is 0.529. The van der Waals surface area contributed by atoms with E-state index in [4.69, 9.17) is 5.26 Å². The van der Waals surface area contributed by atoms with Gasteiger partial charge in [0.05, 0.1) is 11.6 Å². The van der Waals surface area contributed by atoms with Gasteiger partial charge >= 0.3 is 0 Å². The van der Waals surface area contributed by atoms with Crippen molar-refractivity contribution in [2.45, 2.75) is 12.8 Å². The Morgan fingerprint density at radius 1 is 1.09 bits per heavy atom. The maximum absolute atomic E-state index is 12.5. The van der Waals surface area contributed by atoms with Crippen LogP contribution in [0.4, 0.5) is 5.69 Å². The Hall–Kier alpha value is -1.77. The van der Waals surface area contributed by atoms with E-state index in [1.54, 1.807) is 0 Å². The van der Waals surface area contributed by atoms with E-state index in [1.807, 2.05) is 29.2 Å². The molecule has 0 atom stereocenters. The van der Waals surface area contributed by atoms with E-state index in [0.29, 0.717) is 11.5 Å². The summed E-state index contributed by atoms with van der Waals surface area (Å²) < 4.78 is 0. The predicted octanol–water partition coefficient (Wildman–Crippen LogP) is 1.63. The van der Waals surface area contributed by atoms with Gasteiger partial charge in [-0.3, -0.25) is 4.79 Å². The summed E-state index contributed by atoms with van der Waals surface area (Å²) in [6.45, 7) is 5.33. The van der Waals surface area contributed by atoms with Crippen LogP contribution in [-0.4, -0.2) is 50.1 Å². The van der Waals surface area contributed by atoms with E-state index in [-0.39, 0.29) is 18.3 Å². The Morgan fingerprint density at radius 2 is 1.70 bits per heavy atom. The van der Waals surface area contributed by atoms with Gasteiger partial charge in [-0.05, 0) is 37.1 Å². The second-order valence-corrected chi connectivity index (χ2v) is 6.00. The molecule has 2 heterocycles. The molecule has 2 aliphatic heterocycles. The molecular weight excluding hydrogens is 312 g/mol. The molecule has 0 radical (unpaired) electrons. The van der Waals surface area contributed by atoms with Crippen LogP contribution in [0.2, 0.25) is 0 Å². The summed E-state index contributed by atoms with van der Waals surface area (Å²) in [5, 5.41) is 12.1. The number of amides is 1. The van der Waals surface area contributed by atoms with Gasteiger partial charge in [-0.2, -0.15) is 5.26 Å². The van der Waals surface area contributed by atoms with Crippen molar-refractivity contribution >= 4 is 24.0 Å². The molecule has 1 N–H and O–H groups in total. The number of hydrogen-bond donors (Lipinski definition) is 1. The molecule has 1 aromatic rings. The molecule has 1 amide bonds. The molecule has 0 spiro atoms. The molecule has 2 aliphatic rings. The standard InChI is InChI=1S/C17H22N4O.ClH/c18-13-14-1-3-16(4-2-14)20-9-5-15(6-10-20)17(22)21-11-7-19-8-12-21;/h1-4,15,19H,5-12H2;1H. The summed E-state index contributed by atoms with van der Waals surface area (Å²) >= 11 is 0. The highest BCUT2D eigenvalue weighted by atomic mass is 35.5. The van der Waals surface area contributed by atoms with E-state index in [1.165, 1.54) is 0 Å². The van der Waals surface area contributed by atoms with Crippen molar-refractivity contribution in [1.29, 1.82) is 5.26 Å². The van der Waals surface area contributed by atoms with Crippen LogP contribution in [0.5, 0.6) is 0 Å². The first-order valence-corrected chi connectivity index (χ1v) is 8.02. The van der Waals surface area contributed by atoms with E-state index in [2.05, 4.69) is 16.3 Å². The van der Waals surface area contributed by atoms with Gasteiger partial charge in [0, 0.05) is 50.9 Å². The van der Waals surface area contributed by atoms with Crippen molar-refractivity contribution < 1.29 is 4.79 Å². The van der Waals surface area contributed by atoms with Crippen LogP contribution in [-0.2, 0) is 4.79 Å². The molecule has 5 nitrogen and oxygen atoms in total. The Labute approximate surface area is 143 Å². The van der Waals surface area contributed by atoms with Crippen LogP contribution in [0.1, 0.15) is 18.4 Å². The van der Waals surface area contributed by atoms with E-state index >= 15 is 0 Å². The minimum absolute atomic E-state index is 0. The van der Waals surface area contributed by atoms with Crippen LogP contribution < -0.4 is 10.2 Å². The Bertz CT molecular complexity index is 555. The summed E-state index contributed by atoms with van der Waals surface area (Å²) in [5.74, 6) is 0.508. The molecular formula is C17H23ClN4O. The number of carbonyl (C=O) groups is 1. The number of hydrogen-bond acceptors (Lipinski definition) is 4. The molecule has 3 rings (SSSR count). The number of rotatable bonds is 2. The third-order valence-corrected chi connectivity index (χ3v) is 4.63. The first-order valence-electron chi connectivity index (χ1n) is 8.02. The number of piperidine rings is 1. The molecule has 0 unspecified atom stereocenters. The lowest BCUT2D eigenvalue weighted by atomic mass is 9.94. The van der Waals surface area contributed by atoms with E-state index in [9.17, 15) is 4.79 Å². The van der Waals surface area contributed by atoms with Crippen LogP contribution in [0.15, 0.2) is 24.3 Å². The Kier molecular flexibility index (Phi) is 6.26. The number of piperazine rings is 1. The average Bonchev–Trinajstić information content (AvgIpc) is 2.62. The quantitative estimate of drug-likeness (QED) is 0.893.